The first-order chi connectivity index (χ1) is 20.3. The molecule has 2 fully saturated rings. The summed E-state index contributed by atoms with van der Waals surface area (Å²) in [5.74, 6) is -0.818. The first kappa shape index (κ1) is 27.4. The van der Waals surface area contributed by atoms with Crippen LogP contribution in [0.2, 0.25) is 0 Å². The van der Waals surface area contributed by atoms with Crippen molar-refractivity contribution in [1.29, 1.82) is 5.26 Å². The van der Waals surface area contributed by atoms with Crippen LogP contribution >= 0.6 is 0 Å². The van der Waals surface area contributed by atoms with Gasteiger partial charge in [0.2, 0.25) is 5.91 Å². The third kappa shape index (κ3) is 5.56. The van der Waals surface area contributed by atoms with Gasteiger partial charge in [0, 0.05) is 45.0 Å². The molecular weight excluding hydrogens is 528 g/mol. The molecule has 2 aromatic carbocycles. The molecule has 1 aliphatic heterocycles. The molecule has 1 saturated carbocycles. The van der Waals surface area contributed by atoms with Crippen molar-refractivity contribution in [2.24, 2.45) is 18.7 Å². The molecule has 10 nitrogen and oxygen atoms in total. The number of anilines is 1. The number of hydrogen-bond acceptors (Lipinski definition) is 6. The SMILES string of the molecule is Cn1cc([C@H]2C[C@@H]2C(=O)Nc2nn(C3(CC#N)CCN(Cc4ccc(-c5ccccc5)cc4)CC3)cc2C(N)=O)cn1. The molecule has 2 aromatic heterocycles. The van der Waals surface area contributed by atoms with Crippen LogP contribution in [0.15, 0.2) is 73.2 Å². The Balaban J connectivity index is 1.13. The van der Waals surface area contributed by atoms with Crippen LogP contribution in [0.3, 0.4) is 0 Å². The van der Waals surface area contributed by atoms with Gasteiger partial charge < -0.3 is 11.1 Å². The van der Waals surface area contributed by atoms with Crippen LogP contribution in [-0.2, 0) is 23.9 Å². The first-order valence-corrected chi connectivity index (χ1v) is 14.3. The molecule has 2 amide bonds. The number of carbonyl (C=O) groups is 2. The Morgan fingerprint density at radius 3 is 2.43 bits per heavy atom. The van der Waals surface area contributed by atoms with Gasteiger partial charge in [0.05, 0.1) is 24.2 Å². The highest BCUT2D eigenvalue weighted by Gasteiger charge is 2.45. The van der Waals surface area contributed by atoms with Crippen LogP contribution in [0.4, 0.5) is 5.82 Å². The number of hydrogen-bond donors (Lipinski definition) is 2. The number of primary amides is 1. The quantitative estimate of drug-likeness (QED) is 0.316. The maximum Gasteiger partial charge on any atom is 0.254 e. The predicted octanol–water partition coefficient (Wildman–Crippen LogP) is 4.03. The Kier molecular flexibility index (Phi) is 7.35. The maximum atomic E-state index is 13.1. The molecule has 1 saturated heterocycles. The zero-order valence-electron chi connectivity index (χ0n) is 23.6. The van der Waals surface area contributed by atoms with Gasteiger partial charge in [-0.25, -0.2) is 0 Å². The zero-order valence-corrected chi connectivity index (χ0v) is 23.6. The summed E-state index contributed by atoms with van der Waals surface area (Å²) < 4.78 is 3.42. The summed E-state index contributed by atoms with van der Waals surface area (Å²) in [6.07, 6.45) is 7.61. The van der Waals surface area contributed by atoms with Crippen LogP contribution in [0.25, 0.3) is 11.1 Å². The van der Waals surface area contributed by atoms with Crippen molar-refractivity contribution in [2.45, 2.75) is 43.7 Å². The predicted molar refractivity (Wildman–Crippen MR) is 158 cm³/mol. The fourth-order valence-electron chi connectivity index (χ4n) is 6.04. The molecule has 2 atom stereocenters. The number of nitrogens with one attached hydrogen (secondary N) is 1. The molecule has 3 heterocycles. The van der Waals surface area contributed by atoms with E-state index < -0.39 is 11.4 Å². The van der Waals surface area contributed by atoms with Crippen LogP contribution < -0.4 is 11.1 Å². The summed E-state index contributed by atoms with van der Waals surface area (Å²) in [6.45, 7) is 2.35. The summed E-state index contributed by atoms with van der Waals surface area (Å²) in [5.41, 5.74) is 9.88. The molecular formula is C32H34N8O2. The maximum absolute atomic E-state index is 13.1. The van der Waals surface area contributed by atoms with Crippen LogP contribution in [0, 0.1) is 17.2 Å². The largest absolute Gasteiger partial charge is 0.365 e. The van der Waals surface area contributed by atoms with Gasteiger partial charge in [0.1, 0.15) is 5.56 Å². The molecule has 4 aromatic rings. The van der Waals surface area contributed by atoms with E-state index >= 15 is 0 Å². The van der Waals surface area contributed by atoms with Gasteiger partial charge in [-0.1, -0.05) is 54.6 Å². The van der Waals surface area contributed by atoms with E-state index in [-0.39, 0.29) is 35.5 Å². The highest BCUT2D eigenvalue weighted by Crippen LogP contribution is 2.48. The Bertz CT molecular complexity index is 1620. The lowest BCUT2D eigenvalue weighted by molar-refractivity contribution is -0.117. The molecule has 214 valence electrons. The summed E-state index contributed by atoms with van der Waals surface area (Å²) in [4.78, 5) is 27.8. The van der Waals surface area contributed by atoms with Crippen molar-refractivity contribution in [3.05, 3.63) is 89.9 Å². The number of nitrogens with two attached hydrogens (primary N) is 1. The highest BCUT2D eigenvalue weighted by molar-refractivity contribution is 6.03. The Labute approximate surface area is 244 Å². The summed E-state index contributed by atoms with van der Waals surface area (Å²) in [6, 6.07) is 21.3. The van der Waals surface area contributed by atoms with Gasteiger partial charge in [0.15, 0.2) is 5.82 Å². The van der Waals surface area contributed by atoms with Gasteiger partial charge >= 0.3 is 0 Å². The summed E-state index contributed by atoms with van der Waals surface area (Å²) in [7, 11) is 1.84. The summed E-state index contributed by atoms with van der Waals surface area (Å²) in [5, 5.41) is 21.4. The number of nitrogens with zero attached hydrogens (tertiary/aromatic N) is 6. The summed E-state index contributed by atoms with van der Waals surface area (Å²) >= 11 is 0. The van der Waals surface area contributed by atoms with Crippen molar-refractivity contribution in [2.75, 3.05) is 18.4 Å². The first-order valence-electron chi connectivity index (χ1n) is 14.3. The topological polar surface area (TPSA) is 135 Å². The lowest BCUT2D eigenvalue weighted by Crippen LogP contribution is -2.46. The molecule has 0 bridgehead atoms. The second kappa shape index (κ2) is 11.3. The Morgan fingerprint density at radius 1 is 1.07 bits per heavy atom. The highest BCUT2D eigenvalue weighted by atomic mass is 16.2. The minimum atomic E-state index is -0.667. The molecule has 6 rings (SSSR count). The number of carbonyl (C=O) groups excluding carboxylic acids is 2. The second-order valence-electron chi connectivity index (χ2n) is 11.5. The third-order valence-electron chi connectivity index (χ3n) is 8.65. The van der Waals surface area contributed by atoms with Gasteiger partial charge in [-0.15, -0.1) is 0 Å². The van der Waals surface area contributed by atoms with E-state index in [1.807, 2.05) is 31.4 Å². The number of piperidine rings is 1. The van der Waals surface area contributed by atoms with Crippen molar-refractivity contribution in [3.63, 3.8) is 0 Å². The van der Waals surface area contributed by atoms with Gasteiger partial charge in [-0.05, 0) is 47.4 Å². The van der Waals surface area contributed by atoms with Gasteiger partial charge in [-0.3, -0.25) is 23.9 Å². The average Bonchev–Trinajstić information content (AvgIpc) is 3.50. The van der Waals surface area contributed by atoms with Gasteiger partial charge in [0.25, 0.3) is 5.91 Å². The number of nitriles is 1. The number of rotatable bonds is 9. The molecule has 0 spiro atoms. The number of amides is 2. The number of aryl methyl sites for hydroxylation is 1. The molecule has 42 heavy (non-hydrogen) atoms. The Hall–Kier alpha value is -4.75. The molecule has 1 aliphatic carbocycles. The standard InChI is InChI=1S/C32H34N8O2/c1-38-20-25(18-35-38)26-17-27(26)31(42)36-30-28(29(34)41)21-40(37-30)32(11-14-33)12-15-39(16-13-32)19-22-7-9-24(10-8-22)23-5-3-2-4-6-23/h2-10,18,20-21,26-27H,11-13,15-17,19H2,1H3,(H2,34,41)(H,36,37,42)/t26-,27+/m1/s1. The van der Waals surface area contributed by atoms with Crippen LogP contribution in [0.5, 0.6) is 0 Å². The molecule has 10 heteroatoms. The molecule has 3 N–H and O–H groups in total. The molecule has 2 aliphatic rings. The van der Waals surface area contributed by atoms with Crippen molar-refractivity contribution < 1.29 is 9.59 Å². The zero-order chi connectivity index (χ0) is 29.3. The average molecular weight is 563 g/mol. The monoisotopic (exact) mass is 562 g/mol. The number of aromatic nitrogens is 4. The number of likely N-dealkylation sites (tertiary alicyclic amines) is 1. The van der Waals surface area contributed by atoms with Crippen molar-refractivity contribution >= 4 is 17.6 Å². The van der Waals surface area contributed by atoms with E-state index in [0.29, 0.717) is 19.3 Å². The van der Waals surface area contributed by atoms with Crippen LogP contribution in [-0.4, -0.2) is 49.4 Å². The third-order valence-corrected chi connectivity index (χ3v) is 8.65. The van der Waals surface area contributed by atoms with E-state index in [2.05, 4.69) is 62.9 Å². The smallest absolute Gasteiger partial charge is 0.254 e. The fourth-order valence-corrected chi connectivity index (χ4v) is 6.04. The lowest BCUT2D eigenvalue weighted by Gasteiger charge is -2.40. The second-order valence-corrected chi connectivity index (χ2v) is 11.5. The van der Waals surface area contributed by atoms with E-state index in [1.54, 1.807) is 21.8 Å². The Morgan fingerprint density at radius 2 is 1.79 bits per heavy atom. The molecule has 0 unspecified atom stereocenters. The van der Waals surface area contributed by atoms with E-state index in [9.17, 15) is 14.9 Å². The van der Waals surface area contributed by atoms with Crippen LogP contribution in [0.1, 0.15) is 53.1 Å². The number of benzene rings is 2. The van der Waals surface area contributed by atoms with Crippen molar-refractivity contribution in [3.8, 4) is 17.2 Å². The van der Waals surface area contributed by atoms with E-state index in [4.69, 9.17) is 5.73 Å². The lowest BCUT2D eigenvalue weighted by atomic mass is 9.84. The minimum Gasteiger partial charge on any atom is -0.365 e. The fraction of sp³-hybridized carbons (Fsp3) is 0.344. The van der Waals surface area contributed by atoms with Gasteiger partial charge in [-0.2, -0.15) is 15.5 Å². The van der Waals surface area contributed by atoms with E-state index in [0.717, 1.165) is 25.2 Å². The van der Waals surface area contributed by atoms with Crippen molar-refractivity contribution in [1.82, 2.24) is 24.5 Å². The van der Waals surface area contributed by atoms with E-state index in [1.165, 1.54) is 16.7 Å². The molecule has 0 radical (unpaired) electrons. The normalized spacial score (nSPS) is 19.6. The minimum absolute atomic E-state index is 0.0987.